The van der Waals surface area contributed by atoms with Crippen molar-refractivity contribution >= 4 is 11.9 Å². The Balaban J connectivity index is 3.98. The highest BCUT2D eigenvalue weighted by Crippen LogP contribution is 2.02. The van der Waals surface area contributed by atoms with E-state index < -0.39 is 18.0 Å². The van der Waals surface area contributed by atoms with Crippen LogP contribution in [0.3, 0.4) is 0 Å². The highest BCUT2D eigenvalue weighted by Gasteiger charge is 2.21. The van der Waals surface area contributed by atoms with Gasteiger partial charge in [-0.1, -0.05) is 6.92 Å². The normalized spacial score (nSPS) is 13.1. The highest BCUT2D eigenvalue weighted by atomic mass is 16.6. The molecule has 5 nitrogen and oxygen atoms in total. The van der Waals surface area contributed by atoms with Gasteiger partial charge in [-0.3, -0.25) is 4.79 Å². The Labute approximate surface area is 96.9 Å². The SMILES string of the molecule is CCC(OC(C)=O)C(=O)OCC[N+](C)(C)C. The van der Waals surface area contributed by atoms with Gasteiger partial charge in [-0.05, 0) is 6.42 Å². The second-order valence-corrected chi connectivity index (χ2v) is 4.69. The van der Waals surface area contributed by atoms with Gasteiger partial charge in [0.25, 0.3) is 0 Å². The van der Waals surface area contributed by atoms with E-state index in [-0.39, 0.29) is 0 Å². The molecule has 0 N–H and O–H groups in total. The predicted octanol–water partition coefficient (Wildman–Crippen LogP) is 0.577. The van der Waals surface area contributed by atoms with Gasteiger partial charge < -0.3 is 14.0 Å². The summed E-state index contributed by atoms with van der Waals surface area (Å²) >= 11 is 0. The van der Waals surface area contributed by atoms with Crippen LogP contribution in [0.25, 0.3) is 0 Å². The zero-order valence-electron chi connectivity index (χ0n) is 10.8. The van der Waals surface area contributed by atoms with E-state index in [0.717, 1.165) is 11.0 Å². The minimum absolute atomic E-state index is 0.333. The van der Waals surface area contributed by atoms with Crippen LogP contribution in [0, 0.1) is 0 Å². The molecule has 0 rings (SSSR count). The summed E-state index contributed by atoms with van der Waals surface area (Å²) < 4.78 is 10.6. The molecule has 0 fully saturated rings. The maximum Gasteiger partial charge on any atom is 0.347 e. The smallest absolute Gasteiger partial charge is 0.347 e. The molecule has 0 aliphatic carbocycles. The number of rotatable bonds is 6. The van der Waals surface area contributed by atoms with Crippen molar-refractivity contribution in [2.45, 2.75) is 26.4 Å². The van der Waals surface area contributed by atoms with E-state index in [1.54, 1.807) is 6.92 Å². The number of likely N-dealkylation sites (N-methyl/N-ethyl adjacent to an activating group) is 1. The molecule has 0 heterocycles. The molecule has 5 heteroatoms. The van der Waals surface area contributed by atoms with E-state index in [4.69, 9.17) is 9.47 Å². The number of hydrogen-bond acceptors (Lipinski definition) is 4. The number of carbonyl (C=O) groups is 2. The number of hydrogen-bond donors (Lipinski definition) is 0. The zero-order chi connectivity index (χ0) is 12.8. The van der Waals surface area contributed by atoms with E-state index >= 15 is 0 Å². The lowest BCUT2D eigenvalue weighted by molar-refractivity contribution is -0.870. The first-order valence-corrected chi connectivity index (χ1v) is 5.40. The molecule has 16 heavy (non-hydrogen) atoms. The van der Waals surface area contributed by atoms with Crippen molar-refractivity contribution in [3.05, 3.63) is 0 Å². The van der Waals surface area contributed by atoms with Crippen molar-refractivity contribution in [3.8, 4) is 0 Å². The summed E-state index contributed by atoms with van der Waals surface area (Å²) in [6.07, 6.45) is -0.340. The number of ether oxygens (including phenoxy) is 2. The minimum atomic E-state index is -0.773. The Kier molecular flexibility index (Phi) is 6.03. The van der Waals surface area contributed by atoms with Crippen LogP contribution in [-0.2, 0) is 19.1 Å². The largest absolute Gasteiger partial charge is 0.457 e. The van der Waals surface area contributed by atoms with Crippen LogP contribution in [0.4, 0.5) is 0 Å². The summed E-state index contributed by atoms with van der Waals surface area (Å²) in [5.74, 6) is -0.929. The van der Waals surface area contributed by atoms with Crippen molar-refractivity contribution in [2.75, 3.05) is 34.3 Å². The standard InChI is InChI=1S/C11H22NO4/c1-6-10(16-9(2)13)11(14)15-8-7-12(3,4)5/h10H,6-8H2,1-5H3/q+1. The fourth-order valence-electron chi connectivity index (χ4n) is 1.01. The third kappa shape index (κ3) is 7.23. The van der Waals surface area contributed by atoms with Gasteiger partial charge in [0.2, 0.25) is 0 Å². The number of esters is 2. The van der Waals surface area contributed by atoms with Gasteiger partial charge in [0.05, 0.1) is 21.1 Å². The molecule has 1 atom stereocenters. The molecule has 0 aromatic carbocycles. The molecule has 0 bridgehead atoms. The lowest BCUT2D eigenvalue weighted by Gasteiger charge is -2.23. The minimum Gasteiger partial charge on any atom is -0.457 e. The van der Waals surface area contributed by atoms with Crippen molar-refractivity contribution in [3.63, 3.8) is 0 Å². The second kappa shape index (κ2) is 6.48. The van der Waals surface area contributed by atoms with Crippen LogP contribution < -0.4 is 0 Å². The van der Waals surface area contributed by atoms with Crippen LogP contribution in [0.5, 0.6) is 0 Å². The summed E-state index contributed by atoms with van der Waals surface area (Å²) in [6.45, 7) is 4.11. The maximum absolute atomic E-state index is 11.5. The van der Waals surface area contributed by atoms with Crippen LogP contribution in [0.15, 0.2) is 0 Å². The molecular weight excluding hydrogens is 210 g/mol. The Hall–Kier alpha value is -1.10. The Morgan fingerprint density at radius 2 is 1.81 bits per heavy atom. The molecule has 0 radical (unpaired) electrons. The fraction of sp³-hybridized carbons (Fsp3) is 0.818. The van der Waals surface area contributed by atoms with Crippen molar-refractivity contribution < 1.29 is 23.5 Å². The Morgan fingerprint density at radius 3 is 2.19 bits per heavy atom. The van der Waals surface area contributed by atoms with Gasteiger partial charge in [-0.25, -0.2) is 4.79 Å². The lowest BCUT2D eigenvalue weighted by atomic mass is 10.3. The first-order chi connectivity index (χ1) is 7.26. The van der Waals surface area contributed by atoms with E-state index in [1.807, 2.05) is 21.1 Å². The molecule has 0 saturated heterocycles. The van der Waals surface area contributed by atoms with E-state index in [9.17, 15) is 9.59 Å². The molecule has 1 unspecified atom stereocenters. The Bertz CT molecular complexity index is 245. The van der Waals surface area contributed by atoms with Crippen LogP contribution in [0.1, 0.15) is 20.3 Å². The van der Waals surface area contributed by atoms with Gasteiger partial charge >= 0.3 is 11.9 Å². The molecule has 0 aromatic heterocycles. The van der Waals surface area contributed by atoms with E-state index in [2.05, 4.69) is 0 Å². The third-order valence-corrected chi connectivity index (χ3v) is 1.95. The van der Waals surface area contributed by atoms with Gasteiger partial charge in [0.1, 0.15) is 13.2 Å². The van der Waals surface area contributed by atoms with E-state index in [0.29, 0.717) is 13.0 Å². The molecule has 0 aromatic rings. The molecule has 0 spiro atoms. The maximum atomic E-state index is 11.5. The topological polar surface area (TPSA) is 52.6 Å². The predicted molar refractivity (Wildman–Crippen MR) is 59.7 cm³/mol. The van der Waals surface area contributed by atoms with Crippen LogP contribution in [-0.4, -0.2) is 56.8 Å². The monoisotopic (exact) mass is 232 g/mol. The van der Waals surface area contributed by atoms with Gasteiger partial charge in [0, 0.05) is 6.92 Å². The number of quaternary nitrogens is 1. The van der Waals surface area contributed by atoms with Gasteiger partial charge in [0.15, 0.2) is 6.10 Å². The van der Waals surface area contributed by atoms with Crippen molar-refractivity contribution in [1.29, 1.82) is 0 Å². The average Bonchev–Trinajstić information content (AvgIpc) is 2.11. The summed E-state index contributed by atoms with van der Waals surface area (Å²) in [5.41, 5.74) is 0. The first-order valence-electron chi connectivity index (χ1n) is 5.40. The number of nitrogens with zero attached hydrogens (tertiary/aromatic N) is 1. The van der Waals surface area contributed by atoms with Crippen LogP contribution in [0.2, 0.25) is 0 Å². The summed E-state index contributed by atoms with van der Waals surface area (Å²) in [7, 11) is 6.03. The summed E-state index contributed by atoms with van der Waals surface area (Å²) in [6, 6.07) is 0. The molecular formula is C11H22NO4+. The van der Waals surface area contributed by atoms with Crippen molar-refractivity contribution in [1.82, 2.24) is 0 Å². The highest BCUT2D eigenvalue weighted by molar-refractivity contribution is 5.78. The molecule has 0 amide bonds. The lowest BCUT2D eigenvalue weighted by Crippen LogP contribution is -2.39. The quantitative estimate of drug-likeness (QED) is 0.496. The zero-order valence-corrected chi connectivity index (χ0v) is 10.8. The third-order valence-electron chi connectivity index (χ3n) is 1.95. The van der Waals surface area contributed by atoms with Crippen LogP contribution >= 0.6 is 0 Å². The molecule has 0 aliphatic rings. The Morgan fingerprint density at radius 1 is 1.25 bits per heavy atom. The summed E-state index contributed by atoms with van der Waals surface area (Å²) in [4.78, 5) is 22.2. The average molecular weight is 232 g/mol. The first kappa shape index (κ1) is 14.9. The van der Waals surface area contributed by atoms with Gasteiger partial charge in [-0.2, -0.15) is 0 Å². The summed E-state index contributed by atoms with van der Waals surface area (Å²) in [5, 5.41) is 0. The van der Waals surface area contributed by atoms with Gasteiger partial charge in [-0.15, -0.1) is 0 Å². The van der Waals surface area contributed by atoms with E-state index in [1.165, 1.54) is 6.92 Å². The molecule has 94 valence electrons. The molecule has 0 saturated carbocycles. The second-order valence-electron chi connectivity index (χ2n) is 4.69. The fourth-order valence-corrected chi connectivity index (χ4v) is 1.01. The molecule has 0 aliphatic heterocycles. The van der Waals surface area contributed by atoms with Crippen molar-refractivity contribution in [2.24, 2.45) is 0 Å². The number of carbonyl (C=O) groups excluding carboxylic acids is 2.